The molecule has 0 saturated carbocycles. The monoisotopic (exact) mass is 600 g/mol. The molecule has 0 fully saturated rings. The fourth-order valence-electron chi connectivity index (χ4n) is 3.42. The number of hydrogen-bond acceptors (Lipinski definition) is 4. The van der Waals surface area contributed by atoms with Gasteiger partial charge in [-0.2, -0.15) is 13.2 Å². The van der Waals surface area contributed by atoms with Crippen LogP contribution in [-0.4, -0.2) is 35.3 Å². The average molecular weight is 601 g/mol. The first-order valence-corrected chi connectivity index (χ1v) is 11.8. The zero-order chi connectivity index (χ0) is 30.4. The highest BCUT2D eigenvalue weighted by atomic mass is 35.5. The number of carboxylic acid groups (broad SMARTS) is 1. The second kappa shape index (κ2) is 12.8. The third-order valence-corrected chi connectivity index (χ3v) is 5.58. The number of halogens is 7. The van der Waals surface area contributed by atoms with E-state index in [9.17, 15) is 45.8 Å². The smallest absolute Gasteiger partial charge is 0.480 e. The topological polar surface area (TPSA) is 105 Å². The van der Waals surface area contributed by atoms with Crippen LogP contribution >= 0.6 is 11.6 Å². The molecule has 0 bridgehead atoms. The Bertz CT molecular complexity index is 1440. The molecule has 3 aromatic rings. The van der Waals surface area contributed by atoms with Gasteiger partial charge >= 0.3 is 18.5 Å². The Morgan fingerprint density at radius 1 is 0.927 bits per heavy atom. The van der Waals surface area contributed by atoms with Gasteiger partial charge < -0.3 is 20.5 Å². The molecule has 3 rings (SSSR count). The number of ether oxygens (including phenoxy) is 1. The number of nitrogens with one attached hydrogen (secondary N) is 2. The minimum absolute atomic E-state index is 0.163. The van der Waals surface area contributed by atoms with Crippen molar-refractivity contribution in [3.63, 3.8) is 0 Å². The fourth-order valence-corrected chi connectivity index (χ4v) is 3.55. The summed E-state index contributed by atoms with van der Waals surface area (Å²) in [5, 5.41) is 14.4. The Hall–Kier alpha value is -4.52. The maximum Gasteiger partial charge on any atom is 0.573 e. The first-order chi connectivity index (χ1) is 19.1. The molecule has 0 radical (unpaired) electrons. The van der Waals surface area contributed by atoms with E-state index < -0.39 is 53.4 Å². The number of carbonyl (C=O) groups excluding carboxylic acids is 2. The van der Waals surface area contributed by atoms with Crippen LogP contribution < -0.4 is 15.4 Å². The normalized spacial score (nSPS) is 12.8. The lowest BCUT2D eigenvalue weighted by Crippen LogP contribution is -2.45. The van der Waals surface area contributed by atoms with Crippen LogP contribution in [0.25, 0.3) is 6.08 Å². The molecule has 2 amide bonds. The molecule has 41 heavy (non-hydrogen) atoms. The molecule has 0 saturated heterocycles. The van der Waals surface area contributed by atoms with Crippen LogP contribution in [0, 0.1) is 0 Å². The van der Waals surface area contributed by atoms with Crippen LogP contribution in [0.5, 0.6) is 5.75 Å². The first kappa shape index (κ1) is 31.0. The summed E-state index contributed by atoms with van der Waals surface area (Å²) in [5.41, 5.74) is -1.60. The van der Waals surface area contributed by atoms with E-state index in [0.29, 0.717) is 16.7 Å². The molecule has 216 valence electrons. The minimum Gasteiger partial charge on any atom is -0.480 e. The maximum absolute atomic E-state index is 13.2. The third-order valence-electron chi connectivity index (χ3n) is 5.32. The third kappa shape index (κ3) is 9.57. The predicted octanol–water partition coefficient (Wildman–Crippen LogP) is 5.84. The molecule has 0 aliphatic heterocycles. The summed E-state index contributed by atoms with van der Waals surface area (Å²) < 4.78 is 80.6. The summed E-state index contributed by atoms with van der Waals surface area (Å²) in [5.74, 6) is -4.26. The summed E-state index contributed by atoms with van der Waals surface area (Å²) in [6, 6.07) is 11.9. The number of hydrogen-bond donors (Lipinski definition) is 3. The lowest BCUT2D eigenvalue weighted by Gasteiger charge is -2.17. The van der Waals surface area contributed by atoms with Crippen molar-refractivity contribution in [2.75, 3.05) is 0 Å². The van der Waals surface area contributed by atoms with Gasteiger partial charge in [0.2, 0.25) is 0 Å². The largest absolute Gasteiger partial charge is 0.573 e. The van der Waals surface area contributed by atoms with Gasteiger partial charge in [0.05, 0.1) is 5.56 Å². The number of aliphatic carboxylic acids is 1. The van der Waals surface area contributed by atoms with E-state index in [4.69, 9.17) is 11.6 Å². The van der Waals surface area contributed by atoms with Crippen molar-refractivity contribution in [2.24, 2.45) is 0 Å². The molecule has 3 N–H and O–H groups in total. The molecular formula is C27H19ClF6N2O5. The zero-order valence-corrected chi connectivity index (χ0v) is 21.3. The van der Waals surface area contributed by atoms with E-state index in [0.717, 1.165) is 42.5 Å². The minimum atomic E-state index is -4.98. The Kier molecular flexibility index (Phi) is 9.66. The summed E-state index contributed by atoms with van der Waals surface area (Å²) in [4.78, 5) is 37.8. The number of rotatable bonds is 9. The van der Waals surface area contributed by atoms with Gasteiger partial charge in [0.25, 0.3) is 11.8 Å². The highest BCUT2D eigenvalue weighted by Gasteiger charge is 2.32. The van der Waals surface area contributed by atoms with Crippen LogP contribution in [0.15, 0.2) is 78.5 Å². The van der Waals surface area contributed by atoms with Gasteiger partial charge in [0.15, 0.2) is 0 Å². The number of alkyl halides is 6. The number of amides is 2. The molecule has 0 aliphatic rings. The maximum atomic E-state index is 13.2. The van der Waals surface area contributed by atoms with Gasteiger partial charge in [0, 0.05) is 17.0 Å². The molecule has 0 aromatic heterocycles. The lowest BCUT2D eigenvalue weighted by molar-refractivity contribution is -0.274. The number of carboxylic acids is 1. The number of benzene rings is 3. The first-order valence-electron chi connectivity index (χ1n) is 11.4. The van der Waals surface area contributed by atoms with E-state index in [1.807, 2.05) is 0 Å². The lowest BCUT2D eigenvalue weighted by atomic mass is 10.1. The van der Waals surface area contributed by atoms with Gasteiger partial charge in [-0.1, -0.05) is 35.9 Å². The van der Waals surface area contributed by atoms with Gasteiger partial charge in [-0.25, -0.2) is 4.79 Å². The van der Waals surface area contributed by atoms with E-state index in [2.05, 4.69) is 15.4 Å². The Morgan fingerprint density at radius 3 is 2.12 bits per heavy atom. The summed E-state index contributed by atoms with van der Waals surface area (Å²) in [6.07, 6.45) is -9.01. The quantitative estimate of drug-likeness (QED) is 0.211. The standard InChI is InChI=1S/C27H19ClF6N2O5/c28-19-8-4-15(5-9-19)13-22(25(39)40)36-24(38)21(14-16-2-1-3-18(12-16)26(29,30)31)35-23(37)17-6-10-20(11-7-17)41-27(32,33)34/h1-12,14,22H,13H2,(H,35,37)(H,36,38)(H,39,40)/b21-14-/t22-/m0/s1. The van der Waals surface area contributed by atoms with Gasteiger partial charge in [-0.15, -0.1) is 13.2 Å². The van der Waals surface area contributed by atoms with E-state index in [1.54, 1.807) is 0 Å². The van der Waals surface area contributed by atoms with Gasteiger partial charge in [-0.05, 0) is 65.7 Å². The van der Waals surface area contributed by atoms with Crippen molar-refractivity contribution in [3.8, 4) is 5.75 Å². The Labute approximate surface area is 233 Å². The summed E-state index contributed by atoms with van der Waals surface area (Å²) in [6.45, 7) is 0. The highest BCUT2D eigenvalue weighted by Crippen LogP contribution is 2.30. The van der Waals surface area contributed by atoms with Crippen molar-refractivity contribution in [1.82, 2.24) is 10.6 Å². The molecule has 1 atom stereocenters. The molecule has 0 aliphatic carbocycles. The zero-order valence-electron chi connectivity index (χ0n) is 20.5. The van der Waals surface area contributed by atoms with Crippen molar-refractivity contribution in [1.29, 1.82) is 0 Å². The molecular weight excluding hydrogens is 582 g/mol. The molecule has 3 aromatic carbocycles. The van der Waals surface area contributed by atoms with Crippen LogP contribution in [0.1, 0.15) is 27.0 Å². The molecule has 7 nitrogen and oxygen atoms in total. The van der Waals surface area contributed by atoms with Crippen molar-refractivity contribution in [3.05, 3.63) is 106 Å². The number of carbonyl (C=O) groups is 3. The second-order valence-electron chi connectivity index (χ2n) is 8.40. The van der Waals surface area contributed by atoms with E-state index in [-0.39, 0.29) is 17.5 Å². The SMILES string of the molecule is O=C(N[C@@H](Cc1ccc(Cl)cc1)C(=O)O)/C(=C/c1cccc(C(F)(F)F)c1)NC(=O)c1ccc(OC(F)(F)F)cc1. The molecule has 0 spiro atoms. The van der Waals surface area contributed by atoms with Crippen LogP contribution in [0.3, 0.4) is 0 Å². The van der Waals surface area contributed by atoms with Crippen molar-refractivity contribution < 1.29 is 50.6 Å². The molecule has 0 heterocycles. The predicted molar refractivity (Wildman–Crippen MR) is 135 cm³/mol. The summed E-state index contributed by atoms with van der Waals surface area (Å²) >= 11 is 5.83. The van der Waals surface area contributed by atoms with Crippen LogP contribution in [0.4, 0.5) is 26.3 Å². The van der Waals surface area contributed by atoms with Crippen LogP contribution in [-0.2, 0) is 22.2 Å². The van der Waals surface area contributed by atoms with Gasteiger partial charge in [-0.3, -0.25) is 9.59 Å². The Morgan fingerprint density at radius 2 is 1.56 bits per heavy atom. The Balaban J connectivity index is 1.91. The second-order valence-corrected chi connectivity index (χ2v) is 8.84. The highest BCUT2D eigenvalue weighted by molar-refractivity contribution is 6.30. The van der Waals surface area contributed by atoms with E-state index in [1.165, 1.54) is 30.3 Å². The molecule has 14 heteroatoms. The van der Waals surface area contributed by atoms with Gasteiger partial charge in [0.1, 0.15) is 17.5 Å². The van der Waals surface area contributed by atoms with E-state index >= 15 is 0 Å². The fraction of sp³-hybridized carbons (Fsp3) is 0.148. The van der Waals surface area contributed by atoms with Crippen molar-refractivity contribution in [2.45, 2.75) is 25.0 Å². The van der Waals surface area contributed by atoms with Crippen molar-refractivity contribution >= 4 is 35.5 Å². The average Bonchev–Trinajstić information content (AvgIpc) is 2.88. The summed E-state index contributed by atoms with van der Waals surface area (Å²) in [7, 11) is 0. The van der Waals surface area contributed by atoms with Crippen LogP contribution in [0.2, 0.25) is 5.02 Å². The molecule has 0 unspecified atom stereocenters.